The first-order valence-corrected chi connectivity index (χ1v) is 14.2. The summed E-state index contributed by atoms with van der Waals surface area (Å²) in [5, 5.41) is 17.0. The van der Waals surface area contributed by atoms with Gasteiger partial charge in [0.2, 0.25) is 0 Å². The van der Waals surface area contributed by atoms with E-state index in [1.165, 1.54) is 6.20 Å². The third-order valence-corrected chi connectivity index (χ3v) is 9.18. The molecule has 10 nitrogen and oxygen atoms in total. The van der Waals surface area contributed by atoms with Gasteiger partial charge in [-0.1, -0.05) is 11.6 Å². The van der Waals surface area contributed by atoms with Gasteiger partial charge in [0, 0.05) is 44.2 Å². The van der Waals surface area contributed by atoms with Crippen molar-refractivity contribution in [3.05, 3.63) is 39.3 Å². The van der Waals surface area contributed by atoms with E-state index < -0.39 is 45.4 Å². The molecule has 7 heterocycles. The van der Waals surface area contributed by atoms with E-state index in [1.54, 1.807) is 0 Å². The summed E-state index contributed by atoms with van der Waals surface area (Å²) >= 11 is 5.87. The molecule has 8 rings (SSSR count). The van der Waals surface area contributed by atoms with Crippen LogP contribution in [0.2, 0.25) is 5.02 Å². The molecule has 42 heavy (non-hydrogen) atoms. The number of hydrogen-bond donors (Lipinski definition) is 2. The van der Waals surface area contributed by atoms with Crippen LogP contribution in [0, 0.1) is 0 Å². The molecule has 2 N–H and O–H groups in total. The molecule has 0 amide bonds. The fourth-order valence-corrected chi connectivity index (χ4v) is 7.23. The van der Waals surface area contributed by atoms with Crippen LogP contribution in [0.15, 0.2) is 23.1 Å². The number of alkyl halides is 4. The van der Waals surface area contributed by atoms with Crippen molar-refractivity contribution < 1.29 is 28.8 Å². The van der Waals surface area contributed by atoms with E-state index in [-0.39, 0.29) is 48.6 Å². The number of phenolic OH excluding ortho intramolecular Hbond substituents is 1. The molecule has 2 aromatic heterocycles. The monoisotopic (exact) mass is 610 g/mol. The summed E-state index contributed by atoms with van der Waals surface area (Å²) in [6, 6.07) is 1.56. The normalized spacial score (nSPS) is 29.7. The second-order valence-electron chi connectivity index (χ2n) is 11.5. The highest BCUT2D eigenvalue weighted by atomic mass is 35.5. The predicted octanol–water partition coefficient (Wildman–Crippen LogP) is 3.45. The van der Waals surface area contributed by atoms with Crippen molar-refractivity contribution in [2.75, 3.05) is 37.7 Å². The number of piperidine rings is 2. The van der Waals surface area contributed by atoms with E-state index >= 15 is 0 Å². The van der Waals surface area contributed by atoms with Crippen LogP contribution in [0.25, 0.3) is 16.6 Å². The number of piperazine rings is 1. The van der Waals surface area contributed by atoms with Crippen molar-refractivity contribution in [1.29, 1.82) is 0 Å². The Balaban J connectivity index is 1.36. The molecule has 0 radical (unpaired) electrons. The number of benzene rings is 1. The molecule has 0 saturated carbocycles. The number of nitrogens with one attached hydrogen (secondary N) is 1. The van der Waals surface area contributed by atoms with E-state index in [0.29, 0.717) is 36.6 Å². The maximum Gasteiger partial charge on any atom is 0.419 e. The Morgan fingerprint density at radius 1 is 1.26 bits per heavy atom. The summed E-state index contributed by atoms with van der Waals surface area (Å²) < 4.78 is 71.3. The van der Waals surface area contributed by atoms with Crippen molar-refractivity contribution in [2.45, 2.75) is 62.1 Å². The van der Waals surface area contributed by atoms with Crippen LogP contribution in [-0.4, -0.2) is 86.3 Å². The van der Waals surface area contributed by atoms with Crippen LogP contribution in [0.4, 0.5) is 23.4 Å². The van der Waals surface area contributed by atoms with Crippen molar-refractivity contribution in [2.24, 2.45) is 0 Å². The fourth-order valence-electron chi connectivity index (χ4n) is 6.91. The maximum atomic E-state index is 14.7. The third-order valence-electron chi connectivity index (χ3n) is 8.88. The molecule has 3 aromatic rings. The third kappa shape index (κ3) is 4.54. The van der Waals surface area contributed by atoms with Gasteiger partial charge in [-0.3, -0.25) is 9.69 Å². The van der Waals surface area contributed by atoms with Crippen LogP contribution in [0.5, 0.6) is 11.8 Å². The van der Waals surface area contributed by atoms with Crippen molar-refractivity contribution >= 4 is 28.3 Å². The smallest absolute Gasteiger partial charge is 0.419 e. The zero-order valence-electron chi connectivity index (χ0n) is 23.3. The van der Waals surface area contributed by atoms with E-state index in [0.717, 1.165) is 31.4 Å². The standard InChI is InChI=1S/C27H28ClF4N7O3/c28-19-6-17(40)7-20(21(19)27(30,31)32)39-24(41)22-18(10-34-39)23(38-12-15-2-3-16(38)9-33-15)36-25(35-22)42-13-26-4-1-5-37(26)11-14(29)8-26/h6-7,10,14-16,33,40H,1-5,8-9,11-13H2/t14-,15?,16?,26+/m1/s1/i14D. The van der Waals surface area contributed by atoms with Gasteiger partial charge in [0.15, 0.2) is 0 Å². The molecule has 5 aliphatic rings. The summed E-state index contributed by atoms with van der Waals surface area (Å²) in [4.78, 5) is 26.8. The van der Waals surface area contributed by atoms with Gasteiger partial charge in [0.25, 0.3) is 5.56 Å². The van der Waals surface area contributed by atoms with E-state index in [9.17, 15) is 27.5 Å². The van der Waals surface area contributed by atoms with E-state index in [4.69, 9.17) is 17.7 Å². The van der Waals surface area contributed by atoms with Crippen molar-refractivity contribution in [1.82, 2.24) is 30.0 Å². The minimum Gasteiger partial charge on any atom is -0.508 e. The van der Waals surface area contributed by atoms with Crippen LogP contribution < -0.4 is 20.5 Å². The van der Waals surface area contributed by atoms with Gasteiger partial charge in [-0.25, -0.2) is 4.39 Å². The van der Waals surface area contributed by atoms with Gasteiger partial charge >= 0.3 is 12.2 Å². The molecule has 15 heteroatoms. The number of halogens is 5. The van der Waals surface area contributed by atoms with Crippen molar-refractivity contribution in [3.8, 4) is 17.4 Å². The number of phenols is 1. The minimum atomic E-state index is -4.96. The van der Waals surface area contributed by atoms with Crippen LogP contribution >= 0.6 is 11.6 Å². The molecule has 2 bridgehead atoms. The van der Waals surface area contributed by atoms with Gasteiger partial charge in [0.05, 0.1) is 29.2 Å². The van der Waals surface area contributed by atoms with Gasteiger partial charge in [-0.2, -0.15) is 32.9 Å². The van der Waals surface area contributed by atoms with Gasteiger partial charge < -0.3 is 20.1 Å². The largest absolute Gasteiger partial charge is 0.508 e. The highest BCUT2D eigenvalue weighted by Gasteiger charge is 2.49. The number of rotatable bonds is 5. The molecular weight excluding hydrogens is 582 g/mol. The number of aromatic hydroxyl groups is 1. The highest BCUT2D eigenvalue weighted by molar-refractivity contribution is 6.31. The van der Waals surface area contributed by atoms with Crippen LogP contribution in [0.1, 0.15) is 39.0 Å². The Bertz CT molecular complexity index is 1670. The molecule has 224 valence electrons. The second kappa shape index (κ2) is 9.91. The Morgan fingerprint density at radius 3 is 2.81 bits per heavy atom. The zero-order valence-corrected chi connectivity index (χ0v) is 23.1. The molecule has 2 unspecified atom stereocenters. The Kier molecular flexibility index (Phi) is 6.23. The summed E-state index contributed by atoms with van der Waals surface area (Å²) in [6.07, 6.45) is -2.61. The first kappa shape index (κ1) is 26.4. The fraction of sp³-hybridized carbons (Fsp3) is 0.556. The summed E-state index contributed by atoms with van der Waals surface area (Å²) in [6.45, 7) is 1.85. The first-order chi connectivity index (χ1) is 20.3. The Labute approximate surface area is 243 Å². The Hall–Kier alpha value is -3.23. The predicted molar refractivity (Wildman–Crippen MR) is 145 cm³/mol. The SMILES string of the molecule is [2H][C@]1(F)CN2CCC[C@@]2(COc2nc(N3CC4CCC3CN4)c3cnn(-c4cc(O)cc(Cl)c4C(F)(F)F)c(=O)c3n2)C1. The highest BCUT2D eigenvalue weighted by Crippen LogP contribution is 2.42. The quantitative estimate of drug-likeness (QED) is 0.420. The number of ether oxygens (including phenoxy) is 1. The molecule has 0 spiro atoms. The molecule has 5 fully saturated rings. The van der Waals surface area contributed by atoms with Crippen molar-refractivity contribution in [3.63, 3.8) is 0 Å². The molecule has 5 aliphatic heterocycles. The van der Waals surface area contributed by atoms with Gasteiger partial charge in [-0.15, -0.1) is 0 Å². The van der Waals surface area contributed by atoms with Crippen LogP contribution in [0.3, 0.4) is 0 Å². The average molecular weight is 611 g/mol. The lowest BCUT2D eigenvalue weighted by Crippen LogP contribution is -2.61. The molecular formula is C27H28ClF4N7O3. The van der Waals surface area contributed by atoms with E-state index in [1.807, 2.05) is 9.80 Å². The summed E-state index contributed by atoms with van der Waals surface area (Å²) in [7, 11) is 0. The van der Waals surface area contributed by atoms with E-state index in [2.05, 4.69) is 20.4 Å². The lowest BCUT2D eigenvalue weighted by Gasteiger charge is -2.46. The summed E-state index contributed by atoms with van der Waals surface area (Å²) in [5.74, 6) is -0.216. The topological polar surface area (TPSA) is 109 Å². The minimum absolute atomic E-state index is 0.0181. The maximum absolute atomic E-state index is 14.7. The summed E-state index contributed by atoms with van der Waals surface area (Å²) in [5.41, 5.74) is -4.03. The number of fused-ring (bicyclic) bond motifs is 5. The number of nitrogens with zero attached hydrogens (tertiary/aromatic N) is 6. The molecule has 4 atom stereocenters. The first-order valence-electron chi connectivity index (χ1n) is 14.3. The van der Waals surface area contributed by atoms with Crippen LogP contribution in [-0.2, 0) is 6.18 Å². The molecule has 0 aliphatic carbocycles. The van der Waals surface area contributed by atoms with Gasteiger partial charge in [-0.05, 0) is 38.3 Å². The number of aromatic nitrogens is 4. The average Bonchev–Trinajstić information content (AvgIpc) is 3.43. The lowest BCUT2D eigenvalue weighted by atomic mass is 9.93. The van der Waals surface area contributed by atoms with Gasteiger partial charge in [0.1, 0.15) is 35.4 Å². The number of hydrogen-bond acceptors (Lipinski definition) is 9. The molecule has 5 saturated heterocycles. The second-order valence-corrected chi connectivity index (χ2v) is 11.9. The number of anilines is 1. The Morgan fingerprint density at radius 2 is 2.10 bits per heavy atom. The lowest BCUT2D eigenvalue weighted by molar-refractivity contribution is -0.137. The zero-order chi connectivity index (χ0) is 30.3. The molecule has 1 aromatic carbocycles.